The van der Waals surface area contributed by atoms with E-state index in [4.69, 9.17) is 14.2 Å². The highest BCUT2D eigenvalue weighted by molar-refractivity contribution is 14.1. The van der Waals surface area contributed by atoms with Crippen molar-refractivity contribution >= 4 is 34.8 Å². The molecule has 0 spiro atoms. The average Bonchev–Trinajstić information content (AvgIpc) is 3.25. The minimum absolute atomic E-state index is 0.158. The normalized spacial score (nSPS) is 20.6. The Morgan fingerprint density at radius 1 is 0.850 bits per heavy atom. The minimum atomic E-state index is -0.665. The molecule has 212 valence electrons. The first-order valence-corrected chi connectivity index (χ1v) is 15.0. The smallest absolute Gasteiger partial charge is 0.410 e. The second-order valence-corrected chi connectivity index (χ2v) is 11.7. The summed E-state index contributed by atoms with van der Waals surface area (Å²) in [6, 6.07) is 28.1. The van der Waals surface area contributed by atoms with Crippen molar-refractivity contribution in [2.75, 3.05) is 11.0 Å². The number of benzene rings is 3. The third-order valence-corrected chi connectivity index (χ3v) is 7.68. The third kappa shape index (κ3) is 7.97. The predicted octanol–water partition coefficient (Wildman–Crippen LogP) is 6.91. The monoisotopic (exact) mass is 656 g/mol. The van der Waals surface area contributed by atoms with Crippen LogP contribution in [0.4, 0.5) is 9.59 Å². The van der Waals surface area contributed by atoms with Gasteiger partial charge in [-0.3, -0.25) is 4.90 Å². The predicted molar refractivity (Wildman–Crippen MR) is 163 cm³/mol. The van der Waals surface area contributed by atoms with E-state index in [1.807, 2.05) is 112 Å². The standard InChI is InChI=1S/C32H37IN2O5/c1-32(2,3)40-30(36)34-28-26(22-38-20-23-13-7-4-8-14-23)27(19-33)35(29(28)25-17-11-6-12-18-25)31(37)39-21-24-15-9-5-10-16-24/h4-18,26-29H,19-22H2,1-3H3,(H,34,36). The van der Waals surface area contributed by atoms with Crippen molar-refractivity contribution < 1.29 is 23.8 Å². The summed E-state index contributed by atoms with van der Waals surface area (Å²) < 4.78 is 18.3. The second kappa shape index (κ2) is 14.0. The first-order chi connectivity index (χ1) is 19.3. The van der Waals surface area contributed by atoms with Crippen LogP contribution in [-0.2, 0) is 27.4 Å². The molecule has 3 aromatic rings. The van der Waals surface area contributed by atoms with Crippen LogP contribution in [0.15, 0.2) is 91.0 Å². The van der Waals surface area contributed by atoms with E-state index in [1.54, 1.807) is 4.90 Å². The van der Waals surface area contributed by atoms with Gasteiger partial charge < -0.3 is 19.5 Å². The molecule has 8 heteroatoms. The summed E-state index contributed by atoms with van der Waals surface area (Å²) in [7, 11) is 0. The van der Waals surface area contributed by atoms with Gasteiger partial charge in [0.1, 0.15) is 12.2 Å². The van der Waals surface area contributed by atoms with Crippen LogP contribution in [-0.4, -0.2) is 45.8 Å². The van der Waals surface area contributed by atoms with Crippen LogP contribution in [0.1, 0.15) is 43.5 Å². The topological polar surface area (TPSA) is 77.1 Å². The van der Waals surface area contributed by atoms with Gasteiger partial charge in [-0.15, -0.1) is 0 Å². The molecule has 0 radical (unpaired) electrons. The quantitative estimate of drug-likeness (QED) is 0.200. The SMILES string of the molecule is CC(C)(C)OC(=O)NC1C(COCc2ccccc2)C(CI)N(C(=O)OCc2ccccc2)C1c1ccccc1. The zero-order chi connectivity index (χ0) is 28.5. The molecule has 2 amide bonds. The van der Waals surface area contributed by atoms with Crippen LogP contribution in [0.25, 0.3) is 0 Å². The number of alkyl halides is 1. The van der Waals surface area contributed by atoms with Gasteiger partial charge in [-0.2, -0.15) is 0 Å². The number of amides is 2. The highest BCUT2D eigenvalue weighted by Crippen LogP contribution is 2.42. The van der Waals surface area contributed by atoms with E-state index in [0.29, 0.717) is 17.6 Å². The fourth-order valence-corrected chi connectivity index (χ4v) is 6.12. The molecule has 0 saturated carbocycles. The highest BCUT2D eigenvalue weighted by Gasteiger charge is 2.52. The van der Waals surface area contributed by atoms with E-state index in [2.05, 4.69) is 27.9 Å². The van der Waals surface area contributed by atoms with Gasteiger partial charge in [-0.05, 0) is 37.5 Å². The summed E-state index contributed by atoms with van der Waals surface area (Å²) in [5, 5.41) is 3.11. The third-order valence-electron chi connectivity index (χ3n) is 6.77. The Morgan fingerprint density at radius 3 is 1.95 bits per heavy atom. The van der Waals surface area contributed by atoms with Crippen LogP contribution in [0.3, 0.4) is 0 Å². The fourth-order valence-electron chi connectivity index (χ4n) is 5.04. The molecule has 1 saturated heterocycles. The van der Waals surface area contributed by atoms with Crippen molar-refractivity contribution in [3.8, 4) is 0 Å². The molecule has 0 aromatic heterocycles. The highest BCUT2D eigenvalue weighted by atomic mass is 127. The maximum absolute atomic E-state index is 13.8. The summed E-state index contributed by atoms with van der Waals surface area (Å²) in [5.41, 5.74) is 2.20. The number of hydrogen-bond donors (Lipinski definition) is 1. The first-order valence-electron chi connectivity index (χ1n) is 13.5. The van der Waals surface area contributed by atoms with Gasteiger partial charge >= 0.3 is 12.2 Å². The lowest BCUT2D eigenvalue weighted by atomic mass is 9.92. The lowest BCUT2D eigenvalue weighted by Gasteiger charge is -2.31. The van der Waals surface area contributed by atoms with Crippen LogP contribution in [0, 0.1) is 5.92 Å². The van der Waals surface area contributed by atoms with E-state index in [9.17, 15) is 9.59 Å². The summed E-state index contributed by atoms with van der Waals surface area (Å²) in [6.45, 7) is 6.42. The summed E-state index contributed by atoms with van der Waals surface area (Å²) in [5.74, 6) is -0.206. The maximum Gasteiger partial charge on any atom is 0.410 e. The van der Waals surface area contributed by atoms with Crippen LogP contribution in [0.5, 0.6) is 0 Å². The molecule has 1 aliphatic rings. The number of rotatable bonds is 9. The maximum atomic E-state index is 13.8. The van der Waals surface area contributed by atoms with Crippen LogP contribution >= 0.6 is 22.6 Å². The van der Waals surface area contributed by atoms with Crippen molar-refractivity contribution in [2.24, 2.45) is 5.92 Å². The number of nitrogens with zero attached hydrogens (tertiary/aromatic N) is 1. The number of halogens is 1. The number of carbonyl (C=O) groups is 2. The van der Waals surface area contributed by atoms with Gasteiger partial charge in [-0.1, -0.05) is 114 Å². The summed E-state index contributed by atoms with van der Waals surface area (Å²) in [6.07, 6.45) is -0.959. The van der Waals surface area contributed by atoms with Crippen molar-refractivity contribution in [3.05, 3.63) is 108 Å². The number of likely N-dealkylation sites (tertiary alicyclic amines) is 1. The Kier molecular flexibility index (Phi) is 10.4. The molecule has 4 unspecified atom stereocenters. The van der Waals surface area contributed by atoms with Gasteiger partial charge in [0.05, 0.1) is 31.3 Å². The van der Waals surface area contributed by atoms with Gasteiger partial charge in [0, 0.05) is 10.3 Å². The molecule has 1 aliphatic heterocycles. The number of alkyl carbamates (subject to hydrolysis) is 1. The molecule has 40 heavy (non-hydrogen) atoms. The van der Waals surface area contributed by atoms with Crippen molar-refractivity contribution in [1.29, 1.82) is 0 Å². The number of hydrogen-bond acceptors (Lipinski definition) is 5. The van der Waals surface area contributed by atoms with Crippen molar-refractivity contribution in [3.63, 3.8) is 0 Å². The molecule has 1 N–H and O–H groups in total. The van der Waals surface area contributed by atoms with Gasteiger partial charge in [0.15, 0.2) is 0 Å². The average molecular weight is 657 g/mol. The van der Waals surface area contributed by atoms with E-state index in [1.165, 1.54) is 0 Å². The van der Waals surface area contributed by atoms with E-state index in [-0.39, 0.29) is 18.6 Å². The minimum Gasteiger partial charge on any atom is -0.445 e. The van der Waals surface area contributed by atoms with Crippen molar-refractivity contribution in [1.82, 2.24) is 10.2 Å². The Hall–Kier alpha value is -3.11. The molecule has 4 rings (SSSR count). The Balaban J connectivity index is 1.65. The molecule has 1 heterocycles. The van der Waals surface area contributed by atoms with Gasteiger partial charge in [0.25, 0.3) is 0 Å². The van der Waals surface area contributed by atoms with E-state index in [0.717, 1.165) is 16.7 Å². The molecule has 0 bridgehead atoms. The van der Waals surface area contributed by atoms with Gasteiger partial charge in [-0.25, -0.2) is 9.59 Å². The van der Waals surface area contributed by atoms with E-state index >= 15 is 0 Å². The molecule has 1 fully saturated rings. The number of ether oxygens (including phenoxy) is 3. The van der Waals surface area contributed by atoms with Crippen LogP contribution < -0.4 is 5.32 Å². The van der Waals surface area contributed by atoms with Crippen molar-refractivity contribution in [2.45, 2.75) is 57.7 Å². The Morgan fingerprint density at radius 2 is 1.40 bits per heavy atom. The molecule has 7 nitrogen and oxygen atoms in total. The lowest BCUT2D eigenvalue weighted by Crippen LogP contribution is -2.46. The summed E-state index contributed by atoms with van der Waals surface area (Å²) >= 11 is 2.30. The largest absolute Gasteiger partial charge is 0.445 e. The lowest BCUT2D eigenvalue weighted by molar-refractivity contribution is 0.0426. The number of carbonyl (C=O) groups excluding carboxylic acids is 2. The first kappa shape index (κ1) is 29.9. The Labute approximate surface area is 250 Å². The van der Waals surface area contributed by atoms with Gasteiger partial charge in [0.2, 0.25) is 0 Å². The molecule has 3 aromatic carbocycles. The molecule has 0 aliphatic carbocycles. The zero-order valence-corrected chi connectivity index (χ0v) is 25.3. The van der Waals surface area contributed by atoms with Crippen LogP contribution in [0.2, 0.25) is 0 Å². The Bertz CT molecular complexity index is 1220. The fraction of sp³-hybridized carbons (Fsp3) is 0.375. The zero-order valence-electron chi connectivity index (χ0n) is 23.2. The number of nitrogens with one attached hydrogen (secondary N) is 1. The second-order valence-electron chi connectivity index (χ2n) is 10.9. The van der Waals surface area contributed by atoms with E-state index < -0.39 is 29.9 Å². The summed E-state index contributed by atoms with van der Waals surface area (Å²) in [4.78, 5) is 28.7. The molecule has 4 atom stereocenters. The molecular weight excluding hydrogens is 619 g/mol. The molecular formula is C32H37IN2O5.